The molecule has 0 aliphatic carbocycles. The molecule has 4 rings (SSSR count). The fourth-order valence-electron chi connectivity index (χ4n) is 4.00. The first-order chi connectivity index (χ1) is 15.8. The average molecular weight is 566 g/mol. The van der Waals surface area contributed by atoms with Gasteiger partial charge in [0.15, 0.2) is 5.96 Å². The predicted molar refractivity (Wildman–Crippen MR) is 143 cm³/mol. The van der Waals surface area contributed by atoms with E-state index < -0.39 is 5.54 Å². The summed E-state index contributed by atoms with van der Waals surface area (Å²) in [5.41, 5.74) is 9.06. The average Bonchev–Trinajstić information content (AvgIpc) is 3.32. The van der Waals surface area contributed by atoms with Gasteiger partial charge in [0, 0.05) is 15.5 Å². The Morgan fingerprint density at radius 2 is 2.03 bits per heavy atom. The molecule has 2 atom stereocenters. The smallest absolute Gasteiger partial charge is 0.235 e. The molecule has 1 unspecified atom stereocenters. The van der Waals surface area contributed by atoms with E-state index in [-0.39, 0.29) is 17.8 Å². The Labute approximate surface area is 211 Å². The highest BCUT2D eigenvalue weighted by atomic mass is 127. The van der Waals surface area contributed by atoms with Crippen molar-refractivity contribution in [3.05, 3.63) is 85.6 Å². The number of carbonyl (C=O) groups is 1. The molecule has 2 N–H and O–H groups in total. The van der Waals surface area contributed by atoms with Crippen molar-refractivity contribution < 1.29 is 4.79 Å². The summed E-state index contributed by atoms with van der Waals surface area (Å²) in [4.78, 5) is 20.5. The summed E-state index contributed by atoms with van der Waals surface area (Å²) in [5.74, 6) is -0.204. The van der Waals surface area contributed by atoms with Gasteiger partial charge in [-0.3, -0.25) is 9.69 Å². The number of benzene rings is 2. The lowest BCUT2D eigenvalue weighted by Crippen LogP contribution is -2.53. The zero-order chi connectivity index (χ0) is 23.6. The van der Waals surface area contributed by atoms with Crippen LogP contribution in [-0.4, -0.2) is 23.8 Å². The Morgan fingerprint density at radius 1 is 1.24 bits per heavy atom. The van der Waals surface area contributed by atoms with Crippen LogP contribution < -0.4 is 5.73 Å². The first-order valence-electron chi connectivity index (χ1n) is 10.5. The Kier molecular flexibility index (Phi) is 6.68. The lowest BCUT2D eigenvalue weighted by Gasteiger charge is -2.39. The zero-order valence-corrected chi connectivity index (χ0v) is 21.3. The van der Waals surface area contributed by atoms with Gasteiger partial charge in [-0.2, -0.15) is 5.26 Å². The van der Waals surface area contributed by atoms with Crippen LogP contribution in [0.15, 0.2) is 71.0 Å². The third-order valence-corrected chi connectivity index (χ3v) is 8.13. The number of nitriles is 1. The van der Waals surface area contributed by atoms with Crippen LogP contribution >= 0.6 is 33.9 Å². The summed E-state index contributed by atoms with van der Waals surface area (Å²) in [6.07, 6.45) is 4.65. The van der Waals surface area contributed by atoms with E-state index in [9.17, 15) is 10.1 Å². The molecule has 0 radical (unpaired) electrons. The Bertz CT molecular complexity index is 1310. The number of thiophene rings is 1. The standard InChI is InChI=1S/C26H23IN4OS/c1-26(23-14-20(16-33-23)19-10-5-7-17(13-19)15-28)21(24(32)31(2)25(29)30-26)11-6-9-18-8-3-4-12-22(18)27/h3-10,12-14,16,21H,11H2,1-2H3,(H2,29,30)/b9-6+/t21?,26-/m0/s1. The molecule has 1 aliphatic rings. The molecule has 2 heterocycles. The maximum Gasteiger partial charge on any atom is 0.235 e. The topological polar surface area (TPSA) is 82.5 Å². The van der Waals surface area contributed by atoms with Gasteiger partial charge in [-0.25, -0.2) is 4.99 Å². The second-order valence-corrected chi connectivity index (χ2v) is 10.2. The summed E-state index contributed by atoms with van der Waals surface area (Å²) in [6, 6.07) is 19.9. The van der Waals surface area contributed by atoms with Crippen molar-refractivity contribution in [1.29, 1.82) is 5.26 Å². The van der Waals surface area contributed by atoms with Crippen LogP contribution in [0.2, 0.25) is 0 Å². The molecule has 0 saturated heterocycles. The van der Waals surface area contributed by atoms with Crippen LogP contribution in [0.5, 0.6) is 0 Å². The van der Waals surface area contributed by atoms with Gasteiger partial charge in [0.2, 0.25) is 5.91 Å². The number of carbonyl (C=O) groups excluding carboxylic acids is 1. The van der Waals surface area contributed by atoms with Crippen molar-refractivity contribution in [3.63, 3.8) is 0 Å². The van der Waals surface area contributed by atoms with Crippen molar-refractivity contribution in [1.82, 2.24) is 4.90 Å². The number of amides is 1. The second kappa shape index (κ2) is 9.49. The Balaban J connectivity index is 1.69. The summed E-state index contributed by atoms with van der Waals surface area (Å²) < 4.78 is 1.16. The van der Waals surface area contributed by atoms with Gasteiger partial charge in [-0.1, -0.05) is 42.5 Å². The lowest BCUT2D eigenvalue weighted by molar-refractivity contribution is -0.133. The molecule has 0 bridgehead atoms. The maximum absolute atomic E-state index is 13.3. The van der Waals surface area contributed by atoms with Crippen LogP contribution in [0.3, 0.4) is 0 Å². The molecule has 0 fully saturated rings. The number of guanidine groups is 1. The van der Waals surface area contributed by atoms with Crippen molar-refractivity contribution in [3.8, 4) is 17.2 Å². The van der Waals surface area contributed by atoms with Crippen LogP contribution in [0.25, 0.3) is 17.2 Å². The summed E-state index contributed by atoms with van der Waals surface area (Å²) in [6.45, 7) is 1.98. The van der Waals surface area contributed by atoms with E-state index in [0.29, 0.717) is 12.0 Å². The van der Waals surface area contributed by atoms with Crippen LogP contribution in [0, 0.1) is 20.8 Å². The number of hydrogen-bond acceptors (Lipinski definition) is 5. The molecule has 5 nitrogen and oxygen atoms in total. The van der Waals surface area contributed by atoms with Crippen LogP contribution in [-0.2, 0) is 10.3 Å². The zero-order valence-electron chi connectivity index (χ0n) is 18.3. The van der Waals surface area contributed by atoms with Crippen LogP contribution in [0.1, 0.15) is 29.3 Å². The van der Waals surface area contributed by atoms with Crippen molar-refractivity contribution in [2.24, 2.45) is 16.6 Å². The number of allylic oxidation sites excluding steroid dienone is 1. The van der Waals surface area contributed by atoms with E-state index >= 15 is 0 Å². The van der Waals surface area contributed by atoms with E-state index in [1.807, 2.05) is 48.7 Å². The lowest BCUT2D eigenvalue weighted by atomic mass is 9.79. The minimum atomic E-state index is -0.780. The van der Waals surface area contributed by atoms with Crippen LogP contribution in [0.4, 0.5) is 0 Å². The molecule has 166 valence electrons. The van der Waals surface area contributed by atoms with Gasteiger partial charge in [0.1, 0.15) is 5.54 Å². The molecular formula is C26H23IN4OS. The molecule has 1 aliphatic heterocycles. The third kappa shape index (κ3) is 4.59. The first-order valence-corrected chi connectivity index (χ1v) is 12.4. The highest BCUT2D eigenvalue weighted by Gasteiger charge is 2.46. The van der Waals surface area contributed by atoms with Gasteiger partial charge < -0.3 is 5.73 Å². The summed E-state index contributed by atoms with van der Waals surface area (Å²) in [5, 5.41) is 11.3. The number of rotatable bonds is 5. The highest BCUT2D eigenvalue weighted by molar-refractivity contribution is 14.1. The number of aliphatic imine (C=N–C) groups is 1. The van der Waals surface area contributed by atoms with Gasteiger partial charge in [-0.05, 0) is 82.3 Å². The van der Waals surface area contributed by atoms with E-state index in [2.05, 4.69) is 52.9 Å². The van der Waals surface area contributed by atoms with E-state index in [4.69, 9.17) is 10.7 Å². The van der Waals surface area contributed by atoms with Gasteiger partial charge >= 0.3 is 0 Å². The van der Waals surface area contributed by atoms with Crippen molar-refractivity contribution in [2.45, 2.75) is 18.9 Å². The summed E-state index contributed by atoms with van der Waals surface area (Å²) in [7, 11) is 1.67. The fourth-order valence-corrected chi connectivity index (χ4v) is 5.64. The van der Waals surface area contributed by atoms with Gasteiger partial charge in [0.05, 0.1) is 17.6 Å². The minimum Gasteiger partial charge on any atom is -0.369 e. The molecule has 2 aromatic carbocycles. The molecular weight excluding hydrogens is 543 g/mol. The maximum atomic E-state index is 13.3. The molecule has 3 aromatic rings. The second-order valence-electron chi connectivity index (χ2n) is 8.12. The fraction of sp³-hybridized carbons (Fsp3) is 0.192. The summed E-state index contributed by atoms with van der Waals surface area (Å²) >= 11 is 3.87. The number of nitrogens with two attached hydrogens (primary N) is 1. The molecule has 1 amide bonds. The highest BCUT2D eigenvalue weighted by Crippen LogP contribution is 2.44. The van der Waals surface area contributed by atoms with E-state index in [0.717, 1.165) is 25.1 Å². The van der Waals surface area contributed by atoms with Crippen molar-refractivity contribution >= 4 is 51.9 Å². The Hall–Kier alpha value is -2.96. The van der Waals surface area contributed by atoms with Gasteiger partial charge in [0.25, 0.3) is 0 Å². The minimum absolute atomic E-state index is 0.0427. The predicted octanol–water partition coefficient (Wildman–Crippen LogP) is 5.61. The first kappa shape index (κ1) is 23.2. The number of hydrogen-bond donors (Lipinski definition) is 1. The van der Waals surface area contributed by atoms with E-state index in [1.165, 1.54) is 4.90 Å². The molecule has 0 spiro atoms. The quantitative estimate of drug-likeness (QED) is 0.408. The number of nitrogens with zero attached hydrogens (tertiary/aromatic N) is 3. The Morgan fingerprint density at radius 3 is 2.79 bits per heavy atom. The SMILES string of the molecule is CN1C(=O)C(C/C=C/c2ccccc2I)[C@@](C)(c2cc(-c3cccc(C#N)c3)cs2)N=C1N. The van der Waals surface area contributed by atoms with Crippen molar-refractivity contribution in [2.75, 3.05) is 7.05 Å². The molecule has 33 heavy (non-hydrogen) atoms. The normalized spacial score (nSPS) is 20.7. The molecule has 7 heteroatoms. The third-order valence-electron chi connectivity index (χ3n) is 6.00. The number of halogens is 1. The van der Waals surface area contributed by atoms with Gasteiger partial charge in [-0.15, -0.1) is 11.3 Å². The molecule has 1 aromatic heterocycles. The monoisotopic (exact) mass is 566 g/mol. The molecule has 0 saturated carbocycles. The largest absolute Gasteiger partial charge is 0.369 e. The van der Waals surface area contributed by atoms with E-state index in [1.54, 1.807) is 24.5 Å².